The Kier molecular flexibility index (Phi) is 9.88. The molecule has 0 spiro atoms. The van der Waals surface area contributed by atoms with Crippen LogP contribution in [0, 0.1) is 41.5 Å². The first-order chi connectivity index (χ1) is 5.99. The van der Waals surface area contributed by atoms with E-state index in [0.29, 0.717) is 0 Å². The van der Waals surface area contributed by atoms with Crippen LogP contribution in [0.3, 0.4) is 0 Å². The van der Waals surface area contributed by atoms with Gasteiger partial charge in [-0.2, -0.15) is 0 Å². The molecule has 1 atom stereocenters. The van der Waals surface area contributed by atoms with Gasteiger partial charge in [0.15, 0.2) is 0 Å². The molecule has 1 unspecified atom stereocenters. The first-order valence-electron chi connectivity index (χ1n) is 5.22. The van der Waals surface area contributed by atoms with Crippen LogP contribution < -0.4 is 0 Å². The molecule has 0 aromatic rings. The predicted molar refractivity (Wildman–Crippen MR) is 58.3 cm³/mol. The molecular weight excluding hydrogens is 301 g/mol. The van der Waals surface area contributed by atoms with Crippen molar-refractivity contribution in [1.29, 1.82) is 0 Å². The Hall–Kier alpha value is 0.825. The Bertz CT molecular complexity index is 180. The molecule has 0 amide bonds. The molecule has 2 nitrogen and oxygen atoms in total. The first kappa shape index (κ1) is 17.2. The predicted octanol–water partition coefficient (Wildman–Crippen LogP) is 2.65. The summed E-state index contributed by atoms with van der Waals surface area (Å²) in [6, 6.07) is 0. The maximum atomic E-state index is 10.4. The van der Waals surface area contributed by atoms with Gasteiger partial charge in [0.1, 0.15) is 5.60 Å². The van der Waals surface area contributed by atoms with Crippen molar-refractivity contribution in [3.05, 3.63) is 0 Å². The van der Waals surface area contributed by atoms with Crippen LogP contribution >= 0.6 is 0 Å². The minimum absolute atomic E-state index is 0. The number of hydrogen-bond acceptors (Lipinski definition) is 2. The molecule has 0 heterocycles. The van der Waals surface area contributed by atoms with Crippen molar-refractivity contribution < 1.29 is 40.7 Å². The number of rotatable bonds is 5. The van der Waals surface area contributed by atoms with E-state index in [1.54, 1.807) is 0 Å². The average molecular weight is 324 g/mol. The van der Waals surface area contributed by atoms with E-state index in [1.165, 1.54) is 0 Å². The summed E-state index contributed by atoms with van der Waals surface area (Å²) in [7, 11) is 0. The zero-order valence-electron chi connectivity index (χ0n) is 10.2. The second kappa shape index (κ2) is 8.03. The largest absolute Gasteiger partial charge is 0.384 e. The van der Waals surface area contributed by atoms with Crippen molar-refractivity contribution in [2.24, 2.45) is 10.9 Å². The number of aliphatic imine (C=N–C) groups is 1. The van der Waals surface area contributed by atoms with Crippen LogP contribution in [0.25, 0.3) is 0 Å². The minimum atomic E-state index is -0.690. The third-order valence-corrected chi connectivity index (χ3v) is 2.61. The van der Waals surface area contributed by atoms with E-state index >= 15 is 0 Å². The normalized spacial score (nSPS) is 16.4. The smallest absolute Gasteiger partial charge is 0.104 e. The standard InChI is InChI=1S/C11H23NO.La/c1-6-8-11(13,9(3)4)10(5)12-7-2;/h9,13H,6-8H2,1-5H3;. The van der Waals surface area contributed by atoms with Crippen molar-refractivity contribution in [2.75, 3.05) is 6.54 Å². The monoisotopic (exact) mass is 324 g/mol. The van der Waals surface area contributed by atoms with E-state index in [1.807, 2.05) is 27.7 Å². The van der Waals surface area contributed by atoms with Gasteiger partial charge < -0.3 is 5.11 Å². The van der Waals surface area contributed by atoms with Crippen molar-refractivity contribution in [2.45, 2.75) is 53.1 Å². The average Bonchev–Trinajstić information content (AvgIpc) is 2.04. The van der Waals surface area contributed by atoms with Crippen molar-refractivity contribution >= 4 is 5.71 Å². The van der Waals surface area contributed by atoms with Crippen LogP contribution in [0.15, 0.2) is 4.99 Å². The molecule has 1 N–H and O–H groups in total. The molecule has 1 radical (unpaired) electrons. The van der Waals surface area contributed by atoms with Gasteiger partial charge in [-0.25, -0.2) is 0 Å². The van der Waals surface area contributed by atoms with Gasteiger partial charge >= 0.3 is 0 Å². The Morgan fingerprint density at radius 2 is 1.86 bits per heavy atom. The van der Waals surface area contributed by atoms with E-state index in [9.17, 15) is 5.11 Å². The van der Waals surface area contributed by atoms with E-state index in [2.05, 4.69) is 11.9 Å². The molecule has 0 fully saturated rings. The van der Waals surface area contributed by atoms with Crippen molar-refractivity contribution in [3.63, 3.8) is 0 Å². The zero-order valence-corrected chi connectivity index (χ0v) is 13.8. The molecule has 0 saturated carbocycles. The van der Waals surface area contributed by atoms with Crippen molar-refractivity contribution in [3.8, 4) is 0 Å². The second-order valence-electron chi connectivity index (χ2n) is 3.89. The molecule has 14 heavy (non-hydrogen) atoms. The summed E-state index contributed by atoms with van der Waals surface area (Å²) < 4.78 is 0. The van der Waals surface area contributed by atoms with E-state index in [4.69, 9.17) is 0 Å². The molecular formula is C11H23LaNO. The first-order valence-corrected chi connectivity index (χ1v) is 5.22. The van der Waals surface area contributed by atoms with E-state index < -0.39 is 5.60 Å². The molecule has 81 valence electrons. The fourth-order valence-electron chi connectivity index (χ4n) is 1.64. The third-order valence-electron chi connectivity index (χ3n) is 2.61. The Morgan fingerprint density at radius 3 is 2.14 bits per heavy atom. The van der Waals surface area contributed by atoms with Crippen LogP contribution in [-0.2, 0) is 0 Å². The van der Waals surface area contributed by atoms with E-state index in [-0.39, 0.29) is 41.5 Å². The van der Waals surface area contributed by atoms with Crippen LogP contribution in [0.1, 0.15) is 47.5 Å². The van der Waals surface area contributed by atoms with Crippen LogP contribution in [0.2, 0.25) is 0 Å². The minimum Gasteiger partial charge on any atom is -0.384 e. The quantitative estimate of drug-likeness (QED) is 0.775. The van der Waals surface area contributed by atoms with E-state index in [0.717, 1.165) is 25.1 Å². The Balaban J connectivity index is 0. The van der Waals surface area contributed by atoms with Gasteiger partial charge in [-0.1, -0.05) is 27.2 Å². The summed E-state index contributed by atoms with van der Waals surface area (Å²) in [4.78, 5) is 4.30. The molecule has 0 aliphatic heterocycles. The third kappa shape index (κ3) is 4.56. The molecule has 0 aromatic heterocycles. The molecule has 0 bridgehead atoms. The van der Waals surface area contributed by atoms with Gasteiger partial charge in [-0.05, 0) is 26.2 Å². The number of hydrogen-bond donors (Lipinski definition) is 1. The van der Waals surface area contributed by atoms with Gasteiger partial charge in [0.25, 0.3) is 0 Å². The van der Waals surface area contributed by atoms with Crippen LogP contribution in [0.5, 0.6) is 0 Å². The fourth-order valence-corrected chi connectivity index (χ4v) is 1.64. The Labute approximate surface area is 116 Å². The SMILES string of the molecule is CCCC(O)(C(C)=NCC)C(C)C.[La]. The van der Waals surface area contributed by atoms with Crippen LogP contribution in [0.4, 0.5) is 0 Å². The maximum Gasteiger partial charge on any atom is 0.104 e. The summed E-state index contributed by atoms with van der Waals surface area (Å²) in [6.45, 7) is 10.9. The summed E-state index contributed by atoms with van der Waals surface area (Å²) in [5.74, 6) is 0.239. The van der Waals surface area contributed by atoms with Gasteiger partial charge in [0.05, 0.1) is 0 Å². The van der Waals surface area contributed by atoms with Gasteiger partial charge in [0, 0.05) is 47.9 Å². The number of nitrogens with zero attached hydrogens (tertiary/aromatic N) is 1. The molecule has 0 saturated heterocycles. The van der Waals surface area contributed by atoms with Gasteiger partial charge in [0.2, 0.25) is 0 Å². The molecule has 0 rings (SSSR count). The topological polar surface area (TPSA) is 32.6 Å². The summed E-state index contributed by atoms with van der Waals surface area (Å²) >= 11 is 0. The summed E-state index contributed by atoms with van der Waals surface area (Å²) in [5, 5.41) is 10.4. The van der Waals surface area contributed by atoms with Gasteiger partial charge in [-0.3, -0.25) is 4.99 Å². The Morgan fingerprint density at radius 1 is 1.36 bits per heavy atom. The van der Waals surface area contributed by atoms with Crippen molar-refractivity contribution in [1.82, 2.24) is 0 Å². The van der Waals surface area contributed by atoms with Gasteiger partial charge in [-0.15, -0.1) is 0 Å². The zero-order chi connectivity index (χ0) is 10.5. The molecule has 0 aliphatic carbocycles. The summed E-state index contributed by atoms with van der Waals surface area (Å²) in [6.07, 6.45) is 1.80. The fraction of sp³-hybridized carbons (Fsp3) is 0.909. The summed E-state index contributed by atoms with van der Waals surface area (Å²) in [5.41, 5.74) is 0.192. The molecule has 3 heteroatoms. The number of aliphatic hydroxyl groups is 1. The molecule has 0 aliphatic rings. The maximum absolute atomic E-state index is 10.4. The molecule has 0 aromatic carbocycles. The van der Waals surface area contributed by atoms with Crippen LogP contribution in [-0.4, -0.2) is 23.0 Å². The second-order valence-corrected chi connectivity index (χ2v) is 3.89.